The Morgan fingerprint density at radius 1 is 1.17 bits per heavy atom. The summed E-state index contributed by atoms with van der Waals surface area (Å²) < 4.78 is 10.9. The number of rotatable bonds is 11. The van der Waals surface area contributed by atoms with Gasteiger partial charge in [0.1, 0.15) is 16.4 Å². The van der Waals surface area contributed by atoms with E-state index in [9.17, 15) is 9.90 Å². The molecule has 2 N–H and O–H groups in total. The molecule has 0 radical (unpaired) electrons. The number of benzene rings is 1. The van der Waals surface area contributed by atoms with Crippen molar-refractivity contribution >= 4 is 21.6 Å². The Balaban J connectivity index is 1.54. The Labute approximate surface area is 211 Å². The molecule has 35 heavy (non-hydrogen) atoms. The number of hydrogen-bond donors (Lipinski definition) is 2. The summed E-state index contributed by atoms with van der Waals surface area (Å²) in [6, 6.07) is 8.09. The van der Waals surface area contributed by atoms with Crippen LogP contribution in [0.5, 0.6) is 5.75 Å². The van der Waals surface area contributed by atoms with Crippen LogP contribution in [-0.2, 0) is 11.3 Å². The van der Waals surface area contributed by atoms with Gasteiger partial charge in [-0.1, -0.05) is 45.2 Å². The summed E-state index contributed by atoms with van der Waals surface area (Å²) in [4.78, 5) is 24.0. The van der Waals surface area contributed by atoms with Gasteiger partial charge in [0, 0.05) is 30.1 Å². The molecule has 4 rings (SSSR count). The smallest absolute Gasteiger partial charge is 0.260 e. The fourth-order valence-electron chi connectivity index (χ4n) is 4.80. The molecule has 0 unspecified atom stereocenters. The van der Waals surface area contributed by atoms with Gasteiger partial charge in [-0.2, -0.15) is 0 Å². The lowest BCUT2D eigenvalue weighted by Gasteiger charge is -2.35. The minimum Gasteiger partial charge on any atom is -0.497 e. The predicted molar refractivity (Wildman–Crippen MR) is 141 cm³/mol. The van der Waals surface area contributed by atoms with Crippen LogP contribution in [0, 0.1) is 5.92 Å². The summed E-state index contributed by atoms with van der Waals surface area (Å²) in [5.41, 5.74) is 1.72. The number of hydrogen-bond acceptors (Lipinski definition) is 7. The van der Waals surface area contributed by atoms with Crippen LogP contribution in [-0.4, -0.2) is 59.0 Å². The van der Waals surface area contributed by atoms with E-state index in [-0.39, 0.29) is 5.56 Å². The third kappa shape index (κ3) is 6.70. The molecule has 1 fully saturated rings. The highest BCUT2D eigenvalue weighted by atomic mass is 32.1. The van der Waals surface area contributed by atoms with E-state index in [1.54, 1.807) is 7.11 Å². The average molecular weight is 500 g/mol. The Kier molecular flexibility index (Phi) is 8.94. The molecule has 190 valence electrons. The molecule has 3 aromatic rings. The highest BCUT2D eigenvalue weighted by Crippen LogP contribution is 2.32. The van der Waals surface area contributed by atoms with Gasteiger partial charge in [-0.25, -0.2) is 4.98 Å². The molecule has 1 saturated carbocycles. The zero-order chi connectivity index (χ0) is 24.8. The molecule has 1 atom stereocenters. The summed E-state index contributed by atoms with van der Waals surface area (Å²) in [6.45, 7) is 6.17. The summed E-state index contributed by atoms with van der Waals surface area (Å²) in [5, 5.41) is 13.3. The van der Waals surface area contributed by atoms with Crippen LogP contribution in [0.1, 0.15) is 51.8 Å². The molecule has 0 aliphatic heterocycles. The van der Waals surface area contributed by atoms with E-state index in [0.29, 0.717) is 49.5 Å². The Bertz CT molecular complexity index is 1140. The average Bonchev–Trinajstić information content (AvgIpc) is 3.28. The fourth-order valence-corrected chi connectivity index (χ4v) is 5.76. The Morgan fingerprint density at radius 3 is 2.60 bits per heavy atom. The highest BCUT2D eigenvalue weighted by molar-refractivity contribution is 7.17. The lowest BCUT2D eigenvalue weighted by atomic mass is 9.94. The number of H-pyrrole nitrogens is 1. The van der Waals surface area contributed by atoms with Gasteiger partial charge < -0.3 is 19.6 Å². The van der Waals surface area contributed by atoms with E-state index in [1.165, 1.54) is 30.6 Å². The molecule has 1 aromatic carbocycles. The van der Waals surface area contributed by atoms with Crippen molar-refractivity contribution in [2.75, 3.05) is 26.9 Å². The number of aromatic amines is 1. The fraction of sp³-hybridized carbons (Fsp3) is 0.556. The number of thiophene rings is 1. The maximum Gasteiger partial charge on any atom is 0.260 e. The molecule has 1 aliphatic rings. The zero-order valence-corrected chi connectivity index (χ0v) is 21.8. The molecule has 1 aliphatic carbocycles. The van der Waals surface area contributed by atoms with Crippen molar-refractivity contribution in [3.63, 3.8) is 0 Å². The van der Waals surface area contributed by atoms with Crippen LogP contribution >= 0.6 is 11.3 Å². The van der Waals surface area contributed by atoms with Gasteiger partial charge in [-0.05, 0) is 36.5 Å². The number of ether oxygens (including phenoxy) is 2. The van der Waals surface area contributed by atoms with Crippen molar-refractivity contribution in [2.45, 2.75) is 64.6 Å². The Morgan fingerprint density at radius 2 is 1.91 bits per heavy atom. The molecule has 0 spiro atoms. The molecule has 0 bridgehead atoms. The minimum absolute atomic E-state index is 0.124. The number of aliphatic hydroxyl groups excluding tert-OH is 1. The molecule has 7 nitrogen and oxygen atoms in total. The first-order valence-corrected chi connectivity index (χ1v) is 13.5. The number of fused-ring (bicyclic) bond motifs is 1. The van der Waals surface area contributed by atoms with E-state index in [1.807, 2.05) is 29.6 Å². The van der Waals surface area contributed by atoms with E-state index >= 15 is 0 Å². The summed E-state index contributed by atoms with van der Waals surface area (Å²) in [7, 11) is 1.64. The first-order chi connectivity index (χ1) is 16.9. The second kappa shape index (κ2) is 12.1. The van der Waals surface area contributed by atoms with Crippen LogP contribution < -0.4 is 10.3 Å². The number of aromatic nitrogens is 2. The molecule has 2 heterocycles. The quantitative estimate of drug-likeness (QED) is 0.393. The molecule has 2 aromatic heterocycles. The van der Waals surface area contributed by atoms with E-state index in [0.717, 1.165) is 34.5 Å². The normalized spacial score (nSPS) is 15.8. The van der Waals surface area contributed by atoms with Crippen molar-refractivity contribution in [3.8, 4) is 16.9 Å². The molecular formula is C27H37N3O4S. The number of methoxy groups -OCH3 is 1. The van der Waals surface area contributed by atoms with Gasteiger partial charge in [0.2, 0.25) is 0 Å². The van der Waals surface area contributed by atoms with Crippen LogP contribution in [0.4, 0.5) is 0 Å². The van der Waals surface area contributed by atoms with Gasteiger partial charge in [-0.15, -0.1) is 11.3 Å². The van der Waals surface area contributed by atoms with Crippen LogP contribution in [0.15, 0.2) is 34.4 Å². The maximum atomic E-state index is 13.2. The monoisotopic (exact) mass is 499 g/mol. The molecule has 0 amide bonds. The summed E-state index contributed by atoms with van der Waals surface area (Å²) in [5.74, 6) is 1.86. The third-order valence-electron chi connectivity index (χ3n) is 6.54. The van der Waals surface area contributed by atoms with Gasteiger partial charge in [0.05, 0.1) is 31.8 Å². The first kappa shape index (κ1) is 25.8. The van der Waals surface area contributed by atoms with Gasteiger partial charge in [0.25, 0.3) is 5.56 Å². The third-order valence-corrected chi connectivity index (χ3v) is 7.42. The first-order valence-electron chi connectivity index (χ1n) is 12.6. The zero-order valence-electron chi connectivity index (χ0n) is 21.0. The number of nitrogens with zero attached hydrogens (tertiary/aromatic N) is 2. The lowest BCUT2D eigenvalue weighted by molar-refractivity contribution is -0.00502. The lowest BCUT2D eigenvalue weighted by Crippen LogP contribution is -2.43. The SMILES string of the molecule is COc1ccc(-c2csc3nc(CN(C[C@@H](O)COCC(C)C)C4CCCCC4)[nH]c(=O)c23)cc1. The van der Waals surface area contributed by atoms with Crippen LogP contribution in [0.2, 0.25) is 0 Å². The van der Waals surface area contributed by atoms with Crippen molar-refractivity contribution in [3.05, 3.63) is 45.8 Å². The molecular weight excluding hydrogens is 462 g/mol. The van der Waals surface area contributed by atoms with Gasteiger partial charge in [0.15, 0.2) is 0 Å². The van der Waals surface area contributed by atoms with Crippen molar-refractivity contribution < 1.29 is 14.6 Å². The van der Waals surface area contributed by atoms with Crippen molar-refractivity contribution in [2.24, 2.45) is 5.92 Å². The van der Waals surface area contributed by atoms with E-state index in [4.69, 9.17) is 14.5 Å². The predicted octanol–water partition coefficient (Wildman–Crippen LogP) is 4.83. The van der Waals surface area contributed by atoms with Gasteiger partial charge >= 0.3 is 0 Å². The van der Waals surface area contributed by atoms with Crippen molar-refractivity contribution in [1.29, 1.82) is 0 Å². The maximum absolute atomic E-state index is 13.2. The minimum atomic E-state index is -0.574. The largest absolute Gasteiger partial charge is 0.497 e. The standard InChI is InChI=1S/C27H37N3O4S/c1-18(2)15-34-16-21(31)13-30(20-7-5-4-6-8-20)14-24-28-26(32)25-23(17-35-27(25)29-24)19-9-11-22(33-3)12-10-19/h9-12,17-18,20-21,31H,4-8,13-16H2,1-3H3,(H,28,29,32)/t21-/m1/s1. The second-order valence-electron chi connectivity index (χ2n) is 9.88. The van der Waals surface area contributed by atoms with Crippen LogP contribution in [0.25, 0.3) is 21.3 Å². The van der Waals surface area contributed by atoms with Crippen molar-refractivity contribution in [1.82, 2.24) is 14.9 Å². The number of aliphatic hydroxyl groups is 1. The van der Waals surface area contributed by atoms with Gasteiger partial charge in [-0.3, -0.25) is 9.69 Å². The molecule has 0 saturated heterocycles. The Hall–Kier alpha value is -2.26. The topological polar surface area (TPSA) is 87.7 Å². The van der Waals surface area contributed by atoms with E-state index < -0.39 is 6.10 Å². The second-order valence-corrected chi connectivity index (χ2v) is 10.7. The van der Waals surface area contributed by atoms with E-state index in [2.05, 4.69) is 23.7 Å². The summed E-state index contributed by atoms with van der Waals surface area (Å²) in [6.07, 6.45) is 5.28. The highest BCUT2D eigenvalue weighted by Gasteiger charge is 2.25. The number of nitrogens with one attached hydrogen (secondary N) is 1. The van der Waals surface area contributed by atoms with Crippen LogP contribution in [0.3, 0.4) is 0 Å². The summed E-state index contributed by atoms with van der Waals surface area (Å²) >= 11 is 1.49. The molecule has 8 heteroatoms.